The number of halogens is 3. The number of carbonyl (C=O) groups is 3. The van der Waals surface area contributed by atoms with E-state index in [0.717, 1.165) is 24.6 Å². The largest absolute Gasteiger partial charge is 0.416 e. The van der Waals surface area contributed by atoms with Gasteiger partial charge in [0.05, 0.1) is 5.56 Å². The molecule has 1 aliphatic rings. The van der Waals surface area contributed by atoms with E-state index in [9.17, 15) is 27.6 Å². The van der Waals surface area contributed by atoms with Crippen molar-refractivity contribution in [2.45, 2.75) is 25.1 Å². The number of anilines is 1. The van der Waals surface area contributed by atoms with Crippen LogP contribution in [-0.2, 0) is 15.7 Å². The lowest BCUT2D eigenvalue weighted by Crippen LogP contribution is -2.39. The van der Waals surface area contributed by atoms with Crippen LogP contribution in [0.25, 0.3) is 0 Å². The summed E-state index contributed by atoms with van der Waals surface area (Å²) in [6.07, 6.45) is -3.43. The van der Waals surface area contributed by atoms with Gasteiger partial charge in [0.2, 0.25) is 5.91 Å². The van der Waals surface area contributed by atoms with E-state index in [4.69, 9.17) is 4.74 Å². The second-order valence-corrected chi connectivity index (χ2v) is 7.16. The van der Waals surface area contributed by atoms with Gasteiger partial charge >= 0.3 is 6.18 Å². The van der Waals surface area contributed by atoms with Gasteiger partial charge in [-0.3, -0.25) is 14.4 Å². The van der Waals surface area contributed by atoms with Gasteiger partial charge in [0.25, 0.3) is 11.8 Å². The highest BCUT2D eigenvalue weighted by Gasteiger charge is 2.31. The third-order valence-electron chi connectivity index (χ3n) is 4.79. The van der Waals surface area contributed by atoms with Crippen LogP contribution >= 0.6 is 0 Å². The van der Waals surface area contributed by atoms with Crippen molar-refractivity contribution in [2.24, 2.45) is 0 Å². The number of nitrogens with one attached hydrogen (secondary N) is 3. The quantitative estimate of drug-likeness (QED) is 0.567. The van der Waals surface area contributed by atoms with Gasteiger partial charge in [-0.05, 0) is 55.3 Å². The van der Waals surface area contributed by atoms with Crippen LogP contribution in [0.4, 0.5) is 18.9 Å². The molecule has 3 N–H and O–H groups in total. The molecule has 0 spiro atoms. The van der Waals surface area contributed by atoms with Crippen molar-refractivity contribution >= 4 is 23.4 Å². The Balaban J connectivity index is 1.47. The summed E-state index contributed by atoms with van der Waals surface area (Å²) in [6, 6.07) is 9.99. The molecule has 1 fully saturated rings. The van der Waals surface area contributed by atoms with E-state index in [1.54, 1.807) is 0 Å². The highest BCUT2D eigenvalue weighted by atomic mass is 19.4. The van der Waals surface area contributed by atoms with Crippen LogP contribution in [0, 0.1) is 0 Å². The summed E-state index contributed by atoms with van der Waals surface area (Å²) in [4.78, 5) is 36.2. The molecule has 3 amide bonds. The molecule has 1 aliphatic heterocycles. The molecule has 1 saturated heterocycles. The summed E-state index contributed by atoms with van der Waals surface area (Å²) in [7, 11) is 0. The van der Waals surface area contributed by atoms with E-state index in [0.29, 0.717) is 24.3 Å². The number of hydrogen-bond donors (Lipinski definition) is 3. The highest BCUT2D eigenvalue weighted by molar-refractivity contribution is 6.04. The number of ether oxygens (including phenoxy) is 1. The van der Waals surface area contributed by atoms with Gasteiger partial charge in [0.15, 0.2) is 0 Å². The van der Waals surface area contributed by atoms with Crippen molar-refractivity contribution in [1.82, 2.24) is 10.6 Å². The van der Waals surface area contributed by atoms with E-state index in [1.165, 1.54) is 30.3 Å². The Morgan fingerprint density at radius 3 is 2.31 bits per heavy atom. The molecular weight excluding hydrogens is 427 g/mol. The summed E-state index contributed by atoms with van der Waals surface area (Å²) >= 11 is 0. The van der Waals surface area contributed by atoms with Gasteiger partial charge in [0.1, 0.15) is 6.10 Å². The number of amides is 3. The summed E-state index contributed by atoms with van der Waals surface area (Å²) in [6.45, 7) is 1.06. The molecule has 32 heavy (non-hydrogen) atoms. The highest BCUT2D eigenvalue weighted by Crippen LogP contribution is 2.29. The summed E-state index contributed by atoms with van der Waals surface area (Å²) < 4.78 is 43.7. The maximum atomic E-state index is 12.8. The first-order chi connectivity index (χ1) is 15.2. The molecule has 2 aromatic carbocycles. The minimum atomic E-state index is -4.54. The average molecular weight is 449 g/mol. The van der Waals surface area contributed by atoms with Gasteiger partial charge in [0, 0.05) is 36.5 Å². The lowest BCUT2D eigenvalue weighted by atomic mass is 10.1. The summed E-state index contributed by atoms with van der Waals surface area (Å²) in [5.41, 5.74) is -0.392. The number of carbonyl (C=O) groups excluding carboxylic acids is 3. The molecule has 2 aromatic rings. The molecule has 0 aliphatic carbocycles. The van der Waals surface area contributed by atoms with E-state index in [2.05, 4.69) is 16.0 Å². The lowest BCUT2D eigenvalue weighted by Gasteiger charge is -2.11. The Morgan fingerprint density at radius 1 is 0.938 bits per heavy atom. The SMILES string of the molecule is O=C(NCCNC(=O)C1CCCO1)c1ccc(NC(=O)c2cccc(C(F)(F)F)c2)cc1. The standard InChI is InChI=1S/C22H22F3N3O4/c23-22(24,25)16-4-1-3-15(13-16)20(30)28-17-8-6-14(7-9-17)19(29)26-10-11-27-21(31)18-5-2-12-32-18/h1,3-4,6-9,13,18H,2,5,10-12H2,(H,26,29)(H,27,31)(H,28,30). The van der Waals surface area contributed by atoms with E-state index >= 15 is 0 Å². The van der Waals surface area contributed by atoms with Crippen LogP contribution in [-0.4, -0.2) is 43.5 Å². The molecule has 10 heteroatoms. The van der Waals surface area contributed by atoms with Gasteiger partial charge in [-0.1, -0.05) is 6.07 Å². The van der Waals surface area contributed by atoms with E-state index in [-0.39, 0.29) is 30.5 Å². The zero-order valence-corrected chi connectivity index (χ0v) is 17.0. The second-order valence-electron chi connectivity index (χ2n) is 7.16. The molecule has 170 valence electrons. The average Bonchev–Trinajstić information content (AvgIpc) is 3.31. The number of benzene rings is 2. The molecule has 0 saturated carbocycles. The Labute approximate surface area is 182 Å². The van der Waals surface area contributed by atoms with Crippen molar-refractivity contribution in [2.75, 3.05) is 25.0 Å². The molecule has 0 bridgehead atoms. The Hall–Kier alpha value is -3.40. The van der Waals surface area contributed by atoms with Crippen molar-refractivity contribution in [3.8, 4) is 0 Å². The number of alkyl halides is 3. The van der Waals surface area contributed by atoms with Crippen LogP contribution in [0.5, 0.6) is 0 Å². The molecule has 1 atom stereocenters. The first-order valence-electron chi connectivity index (χ1n) is 10.0. The molecule has 3 rings (SSSR count). The Kier molecular flexibility index (Phi) is 7.47. The second kappa shape index (κ2) is 10.3. The fourth-order valence-corrected chi connectivity index (χ4v) is 3.11. The van der Waals surface area contributed by atoms with E-state index in [1.807, 2.05) is 0 Å². The van der Waals surface area contributed by atoms with E-state index < -0.39 is 23.8 Å². The lowest BCUT2D eigenvalue weighted by molar-refractivity contribution is -0.137. The van der Waals surface area contributed by atoms with Gasteiger partial charge in [-0.15, -0.1) is 0 Å². The van der Waals surface area contributed by atoms with Gasteiger partial charge in [-0.2, -0.15) is 13.2 Å². The fraction of sp³-hybridized carbons (Fsp3) is 0.318. The Bertz CT molecular complexity index is 971. The topological polar surface area (TPSA) is 96.5 Å². The molecule has 0 radical (unpaired) electrons. The first-order valence-corrected chi connectivity index (χ1v) is 10.0. The minimum Gasteiger partial charge on any atom is -0.368 e. The molecule has 0 aromatic heterocycles. The normalized spacial score (nSPS) is 15.8. The fourth-order valence-electron chi connectivity index (χ4n) is 3.11. The zero-order chi connectivity index (χ0) is 23.1. The summed E-state index contributed by atoms with van der Waals surface area (Å²) in [5.74, 6) is -1.26. The van der Waals surface area contributed by atoms with Crippen LogP contribution < -0.4 is 16.0 Å². The van der Waals surface area contributed by atoms with Gasteiger partial charge < -0.3 is 20.7 Å². The smallest absolute Gasteiger partial charge is 0.368 e. The van der Waals surface area contributed by atoms with Crippen LogP contribution in [0.2, 0.25) is 0 Å². The maximum Gasteiger partial charge on any atom is 0.416 e. The maximum absolute atomic E-state index is 12.8. The van der Waals surface area contributed by atoms with Crippen LogP contribution in [0.15, 0.2) is 48.5 Å². The van der Waals surface area contributed by atoms with Gasteiger partial charge in [-0.25, -0.2) is 0 Å². The van der Waals surface area contributed by atoms with Crippen molar-refractivity contribution < 1.29 is 32.3 Å². The molecule has 7 nitrogen and oxygen atoms in total. The number of rotatable bonds is 7. The number of hydrogen-bond acceptors (Lipinski definition) is 4. The minimum absolute atomic E-state index is 0.133. The third kappa shape index (κ3) is 6.30. The van der Waals surface area contributed by atoms with Crippen LogP contribution in [0.1, 0.15) is 39.1 Å². The Morgan fingerprint density at radius 2 is 1.66 bits per heavy atom. The zero-order valence-electron chi connectivity index (χ0n) is 17.0. The molecule has 1 heterocycles. The van der Waals surface area contributed by atoms with Crippen LogP contribution in [0.3, 0.4) is 0 Å². The third-order valence-corrected chi connectivity index (χ3v) is 4.79. The van der Waals surface area contributed by atoms with Crippen molar-refractivity contribution in [3.05, 3.63) is 65.2 Å². The first kappa shape index (κ1) is 23.3. The summed E-state index contributed by atoms with van der Waals surface area (Å²) in [5, 5.41) is 7.85. The molecule has 1 unspecified atom stereocenters. The predicted octanol–water partition coefficient (Wildman–Crippen LogP) is 2.98. The predicted molar refractivity (Wildman–Crippen MR) is 110 cm³/mol. The monoisotopic (exact) mass is 449 g/mol. The van der Waals surface area contributed by atoms with Crippen molar-refractivity contribution in [3.63, 3.8) is 0 Å². The van der Waals surface area contributed by atoms with Crippen molar-refractivity contribution in [1.29, 1.82) is 0 Å². The molecular formula is C22H22F3N3O4.